The van der Waals surface area contributed by atoms with Crippen LogP contribution in [0.1, 0.15) is 46.0 Å². The highest BCUT2D eigenvalue weighted by molar-refractivity contribution is 4.54. The lowest BCUT2D eigenvalue weighted by Gasteiger charge is -2.09. The molecule has 0 aliphatic rings. The van der Waals surface area contributed by atoms with Crippen LogP contribution < -0.4 is 5.32 Å². The molecule has 1 atom stereocenters. The maximum absolute atomic E-state index is 3.21. The van der Waals surface area contributed by atoms with Gasteiger partial charge in [0.1, 0.15) is 0 Å². The van der Waals surface area contributed by atoms with Crippen molar-refractivity contribution < 1.29 is 0 Å². The molecule has 0 aromatic carbocycles. The summed E-state index contributed by atoms with van der Waals surface area (Å²) in [6.07, 6.45) is 6.98. The van der Waals surface area contributed by atoms with Crippen LogP contribution in [0, 0.1) is 5.92 Å². The van der Waals surface area contributed by atoms with E-state index in [-0.39, 0.29) is 0 Å². The van der Waals surface area contributed by atoms with Gasteiger partial charge in [0.05, 0.1) is 0 Å². The largest absolute Gasteiger partial charge is 0.319 e. The highest BCUT2D eigenvalue weighted by atomic mass is 14.8. The average molecular weight is 157 g/mol. The number of rotatable bonds is 7. The molecule has 0 heterocycles. The SMILES string of the molecule is CCCCCC[C@H](C)CNC. The van der Waals surface area contributed by atoms with Crippen molar-refractivity contribution >= 4 is 0 Å². The lowest BCUT2D eigenvalue weighted by molar-refractivity contribution is 0.471. The van der Waals surface area contributed by atoms with E-state index in [1.807, 2.05) is 7.05 Å². The van der Waals surface area contributed by atoms with Crippen molar-refractivity contribution in [1.29, 1.82) is 0 Å². The first kappa shape index (κ1) is 11.0. The fraction of sp³-hybridized carbons (Fsp3) is 1.00. The van der Waals surface area contributed by atoms with Crippen LogP contribution in [0.25, 0.3) is 0 Å². The molecule has 1 nitrogen and oxygen atoms in total. The number of unbranched alkanes of at least 4 members (excludes halogenated alkanes) is 3. The molecule has 0 radical (unpaired) electrons. The van der Waals surface area contributed by atoms with Crippen molar-refractivity contribution in [2.75, 3.05) is 13.6 Å². The lowest BCUT2D eigenvalue weighted by atomic mass is 10.0. The van der Waals surface area contributed by atoms with E-state index in [0.717, 1.165) is 5.92 Å². The van der Waals surface area contributed by atoms with E-state index in [9.17, 15) is 0 Å². The van der Waals surface area contributed by atoms with Crippen molar-refractivity contribution in [3.05, 3.63) is 0 Å². The number of nitrogens with one attached hydrogen (secondary N) is 1. The maximum atomic E-state index is 3.21. The normalized spacial score (nSPS) is 13.4. The third-order valence-corrected chi connectivity index (χ3v) is 2.10. The van der Waals surface area contributed by atoms with Gasteiger partial charge in [0, 0.05) is 0 Å². The molecule has 0 rings (SSSR count). The first-order valence-corrected chi connectivity index (χ1v) is 4.95. The Morgan fingerprint density at radius 1 is 1.18 bits per heavy atom. The fourth-order valence-electron chi connectivity index (χ4n) is 1.37. The third-order valence-electron chi connectivity index (χ3n) is 2.10. The zero-order valence-corrected chi connectivity index (χ0v) is 8.32. The third kappa shape index (κ3) is 7.86. The minimum atomic E-state index is 0.858. The van der Waals surface area contributed by atoms with Gasteiger partial charge in [-0.15, -0.1) is 0 Å². The first-order valence-electron chi connectivity index (χ1n) is 4.95. The molecule has 0 spiro atoms. The molecule has 0 bridgehead atoms. The Morgan fingerprint density at radius 2 is 1.91 bits per heavy atom. The average Bonchev–Trinajstić information content (AvgIpc) is 1.99. The molecule has 0 saturated carbocycles. The van der Waals surface area contributed by atoms with E-state index >= 15 is 0 Å². The quantitative estimate of drug-likeness (QED) is 0.560. The van der Waals surface area contributed by atoms with Crippen LogP contribution in [0.3, 0.4) is 0 Å². The Labute approximate surface area is 71.6 Å². The number of hydrogen-bond donors (Lipinski definition) is 1. The van der Waals surface area contributed by atoms with Crippen LogP contribution in [0.15, 0.2) is 0 Å². The second-order valence-electron chi connectivity index (χ2n) is 3.51. The van der Waals surface area contributed by atoms with Gasteiger partial charge >= 0.3 is 0 Å². The summed E-state index contributed by atoms with van der Waals surface area (Å²) in [4.78, 5) is 0. The predicted molar refractivity (Wildman–Crippen MR) is 51.8 cm³/mol. The van der Waals surface area contributed by atoms with Gasteiger partial charge in [0.15, 0.2) is 0 Å². The Balaban J connectivity index is 2.97. The minimum Gasteiger partial charge on any atom is -0.319 e. The molecule has 11 heavy (non-hydrogen) atoms. The second kappa shape index (κ2) is 8.06. The Hall–Kier alpha value is -0.0400. The molecule has 0 aliphatic heterocycles. The number of hydrogen-bond acceptors (Lipinski definition) is 1. The molecule has 0 fully saturated rings. The van der Waals surface area contributed by atoms with E-state index in [2.05, 4.69) is 19.2 Å². The maximum Gasteiger partial charge on any atom is -0.00262 e. The van der Waals surface area contributed by atoms with Gasteiger partial charge in [-0.1, -0.05) is 39.5 Å². The molecule has 0 saturated heterocycles. The van der Waals surface area contributed by atoms with Crippen LogP contribution in [-0.2, 0) is 0 Å². The highest BCUT2D eigenvalue weighted by Gasteiger charge is 1.98. The molecule has 68 valence electrons. The summed E-state index contributed by atoms with van der Waals surface area (Å²) in [5.74, 6) is 0.858. The van der Waals surface area contributed by atoms with Crippen molar-refractivity contribution in [3.63, 3.8) is 0 Å². The van der Waals surface area contributed by atoms with E-state index in [4.69, 9.17) is 0 Å². The van der Waals surface area contributed by atoms with Crippen molar-refractivity contribution in [1.82, 2.24) is 5.32 Å². The first-order chi connectivity index (χ1) is 5.31. The monoisotopic (exact) mass is 157 g/mol. The predicted octanol–water partition coefficient (Wildman–Crippen LogP) is 2.81. The molecule has 1 heteroatoms. The molecule has 0 aromatic rings. The summed E-state index contributed by atoms with van der Waals surface area (Å²) < 4.78 is 0. The van der Waals surface area contributed by atoms with E-state index in [1.54, 1.807) is 0 Å². The van der Waals surface area contributed by atoms with Crippen LogP contribution >= 0.6 is 0 Å². The van der Waals surface area contributed by atoms with Crippen molar-refractivity contribution in [2.24, 2.45) is 5.92 Å². The Kier molecular flexibility index (Phi) is 8.03. The molecular weight excluding hydrogens is 134 g/mol. The highest BCUT2D eigenvalue weighted by Crippen LogP contribution is 2.08. The standard InChI is InChI=1S/C10H23N/c1-4-5-6-7-8-10(2)9-11-3/h10-11H,4-9H2,1-3H3/t10-/m0/s1. The van der Waals surface area contributed by atoms with Gasteiger partial charge in [-0.3, -0.25) is 0 Å². The Bertz CT molecular complexity index is 71.3. The van der Waals surface area contributed by atoms with Gasteiger partial charge in [-0.05, 0) is 25.9 Å². The summed E-state index contributed by atoms with van der Waals surface area (Å²) in [5.41, 5.74) is 0. The van der Waals surface area contributed by atoms with E-state index in [1.165, 1.54) is 38.6 Å². The van der Waals surface area contributed by atoms with Crippen LogP contribution in [0.2, 0.25) is 0 Å². The zero-order chi connectivity index (χ0) is 8.53. The summed E-state index contributed by atoms with van der Waals surface area (Å²) >= 11 is 0. The van der Waals surface area contributed by atoms with Crippen LogP contribution in [0.5, 0.6) is 0 Å². The minimum absolute atomic E-state index is 0.858. The smallest absolute Gasteiger partial charge is 0.00262 e. The molecular formula is C10H23N. The lowest BCUT2D eigenvalue weighted by Crippen LogP contribution is -2.15. The summed E-state index contributed by atoms with van der Waals surface area (Å²) in [6, 6.07) is 0. The van der Waals surface area contributed by atoms with Crippen LogP contribution in [-0.4, -0.2) is 13.6 Å². The summed E-state index contributed by atoms with van der Waals surface area (Å²) in [7, 11) is 2.03. The van der Waals surface area contributed by atoms with Gasteiger partial charge in [-0.25, -0.2) is 0 Å². The second-order valence-corrected chi connectivity index (χ2v) is 3.51. The van der Waals surface area contributed by atoms with Gasteiger partial charge < -0.3 is 5.32 Å². The molecule has 0 aromatic heterocycles. The molecule has 0 amide bonds. The topological polar surface area (TPSA) is 12.0 Å². The zero-order valence-electron chi connectivity index (χ0n) is 8.32. The summed E-state index contributed by atoms with van der Waals surface area (Å²) in [6.45, 7) is 5.76. The van der Waals surface area contributed by atoms with Crippen molar-refractivity contribution in [3.8, 4) is 0 Å². The van der Waals surface area contributed by atoms with Gasteiger partial charge in [0.2, 0.25) is 0 Å². The van der Waals surface area contributed by atoms with Crippen molar-refractivity contribution in [2.45, 2.75) is 46.0 Å². The van der Waals surface area contributed by atoms with Gasteiger partial charge in [0.25, 0.3) is 0 Å². The molecule has 1 N–H and O–H groups in total. The summed E-state index contributed by atoms with van der Waals surface area (Å²) in [5, 5.41) is 3.21. The molecule has 0 unspecified atom stereocenters. The van der Waals surface area contributed by atoms with E-state index < -0.39 is 0 Å². The fourth-order valence-corrected chi connectivity index (χ4v) is 1.37. The van der Waals surface area contributed by atoms with E-state index in [0.29, 0.717) is 0 Å². The molecule has 0 aliphatic carbocycles. The Morgan fingerprint density at radius 3 is 2.45 bits per heavy atom. The van der Waals surface area contributed by atoms with Gasteiger partial charge in [-0.2, -0.15) is 0 Å². The van der Waals surface area contributed by atoms with Crippen LogP contribution in [0.4, 0.5) is 0 Å².